The molecule has 3 amide bonds. The topological polar surface area (TPSA) is 110 Å². The number of rotatable bonds is 7. The summed E-state index contributed by atoms with van der Waals surface area (Å²) in [6.45, 7) is 1.17. The van der Waals surface area contributed by atoms with Crippen LogP contribution in [-0.4, -0.2) is 30.4 Å². The third kappa shape index (κ3) is 5.81. The second-order valence-corrected chi connectivity index (χ2v) is 10.2. The number of hydrogen-bond acceptors (Lipinski definition) is 7. The van der Waals surface area contributed by atoms with Gasteiger partial charge in [0.1, 0.15) is 16.5 Å². The van der Waals surface area contributed by atoms with Crippen molar-refractivity contribution in [1.29, 1.82) is 0 Å². The molecule has 0 saturated carbocycles. The molecule has 1 saturated heterocycles. The van der Waals surface area contributed by atoms with Crippen LogP contribution < -0.4 is 9.50 Å². The van der Waals surface area contributed by atoms with Crippen molar-refractivity contribution in [2.45, 2.75) is 18.4 Å². The van der Waals surface area contributed by atoms with E-state index in [2.05, 4.69) is 5.32 Å². The van der Waals surface area contributed by atoms with Gasteiger partial charge in [-0.25, -0.2) is 4.39 Å². The third-order valence-corrected chi connectivity index (χ3v) is 7.18. The van der Waals surface area contributed by atoms with Crippen molar-refractivity contribution in [1.82, 2.24) is 4.90 Å². The minimum atomic E-state index is -4.12. The number of amides is 3. The Morgan fingerprint density at radius 1 is 1.03 bits per heavy atom. The van der Waals surface area contributed by atoms with E-state index in [1.54, 1.807) is 6.07 Å². The average Bonchev–Trinajstić information content (AvgIpc) is 3.09. The maximum absolute atomic E-state index is 13.9. The maximum atomic E-state index is 13.9. The summed E-state index contributed by atoms with van der Waals surface area (Å²) >= 11 is 0.741. The summed E-state index contributed by atoms with van der Waals surface area (Å²) in [5.74, 6) is -1.28. The van der Waals surface area contributed by atoms with Crippen molar-refractivity contribution in [3.63, 3.8) is 0 Å². The van der Waals surface area contributed by atoms with Crippen molar-refractivity contribution < 1.29 is 31.4 Å². The van der Waals surface area contributed by atoms with Gasteiger partial charge in [-0.1, -0.05) is 30.3 Å². The predicted molar refractivity (Wildman–Crippen MR) is 133 cm³/mol. The molecule has 1 N–H and O–H groups in total. The number of benzene rings is 3. The number of nitrogens with zero attached hydrogens (tertiary/aromatic N) is 1. The number of halogens is 1. The van der Waals surface area contributed by atoms with E-state index in [1.807, 2.05) is 0 Å². The Kier molecular flexibility index (Phi) is 7.22. The highest BCUT2D eigenvalue weighted by Crippen LogP contribution is 2.34. The van der Waals surface area contributed by atoms with Crippen LogP contribution in [0.1, 0.15) is 18.1 Å². The van der Waals surface area contributed by atoms with Gasteiger partial charge in [-0.15, -0.1) is 0 Å². The minimum Gasteiger partial charge on any atom is -0.379 e. The molecule has 4 rings (SSSR count). The molecule has 0 aromatic heterocycles. The molecule has 11 heteroatoms. The Morgan fingerprint density at radius 3 is 2.33 bits per heavy atom. The van der Waals surface area contributed by atoms with E-state index in [0.29, 0.717) is 11.3 Å². The fourth-order valence-corrected chi connectivity index (χ4v) is 5.06. The van der Waals surface area contributed by atoms with Gasteiger partial charge in [0.15, 0.2) is 0 Å². The first-order valence-corrected chi connectivity index (χ1v) is 12.8. The Balaban J connectivity index is 1.44. The van der Waals surface area contributed by atoms with Crippen molar-refractivity contribution in [2.75, 3.05) is 5.32 Å². The van der Waals surface area contributed by atoms with Crippen molar-refractivity contribution in [3.05, 3.63) is 94.6 Å². The molecule has 1 aliphatic heterocycles. The molecule has 1 fully saturated rings. The number of nitrogens with one attached hydrogen (secondary N) is 1. The van der Waals surface area contributed by atoms with E-state index in [9.17, 15) is 27.2 Å². The van der Waals surface area contributed by atoms with E-state index in [0.717, 1.165) is 16.7 Å². The smallest absolute Gasteiger partial charge is 0.339 e. The number of carbonyl (C=O) groups excluding carboxylic acids is 3. The second-order valence-electron chi connectivity index (χ2n) is 7.67. The van der Waals surface area contributed by atoms with Crippen molar-refractivity contribution in [3.8, 4) is 5.75 Å². The summed E-state index contributed by atoms with van der Waals surface area (Å²) in [6, 6.07) is 17.3. The van der Waals surface area contributed by atoms with Crippen LogP contribution in [-0.2, 0) is 26.3 Å². The van der Waals surface area contributed by atoms with Crippen LogP contribution in [0.3, 0.4) is 0 Å². The zero-order valence-electron chi connectivity index (χ0n) is 18.8. The third-order valence-electron chi connectivity index (χ3n) is 5.01. The Bertz CT molecular complexity index is 1470. The van der Waals surface area contributed by atoms with Gasteiger partial charge < -0.3 is 9.50 Å². The molecule has 0 atom stereocenters. The van der Waals surface area contributed by atoms with E-state index in [-0.39, 0.29) is 33.6 Å². The van der Waals surface area contributed by atoms with Crippen LogP contribution in [0.5, 0.6) is 5.75 Å². The summed E-state index contributed by atoms with van der Waals surface area (Å²) in [6.07, 6.45) is 1.49. The second kappa shape index (κ2) is 10.3. The molecule has 0 bridgehead atoms. The zero-order chi connectivity index (χ0) is 25.9. The van der Waals surface area contributed by atoms with Gasteiger partial charge in [0.25, 0.3) is 11.1 Å². The van der Waals surface area contributed by atoms with E-state index < -0.39 is 27.1 Å². The largest absolute Gasteiger partial charge is 0.379 e. The van der Waals surface area contributed by atoms with Gasteiger partial charge in [-0.3, -0.25) is 19.3 Å². The summed E-state index contributed by atoms with van der Waals surface area (Å²) in [5, 5.41) is 2.04. The van der Waals surface area contributed by atoms with Gasteiger partial charge >= 0.3 is 10.1 Å². The molecule has 8 nitrogen and oxygen atoms in total. The van der Waals surface area contributed by atoms with Crippen LogP contribution in [0.15, 0.2) is 82.6 Å². The van der Waals surface area contributed by atoms with Crippen molar-refractivity contribution >= 4 is 50.7 Å². The monoisotopic (exact) mass is 526 g/mol. The Morgan fingerprint density at radius 2 is 1.69 bits per heavy atom. The first kappa shape index (κ1) is 25.1. The number of carbonyl (C=O) groups is 3. The zero-order valence-corrected chi connectivity index (χ0v) is 20.4. The summed E-state index contributed by atoms with van der Waals surface area (Å²) in [4.78, 5) is 37.2. The normalized spacial score (nSPS) is 14.8. The van der Waals surface area contributed by atoms with Crippen LogP contribution in [0.4, 0.5) is 14.9 Å². The quantitative estimate of drug-likeness (QED) is 0.348. The van der Waals surface area contributed by atoms with E-state index >= 15 is 0 Å². The van der Waals surface area contributed by atoms with Gasteiger partial charge in [0.05, 0.1) is 11.4 Å². The molecular formula is C25H19FN2O6S2. The summed E-state index contributed by atoms with van der Waals surface area (Å²) in [5.41, 5.74) is 1.22. The average molecular weight is 527 g/mol. The molecule has 0 aliphatic carbocycles. The standard InChI is InChI=1S/C25H19FN2O6S2/c1-16(29)27-19-8-12-21(13-9-19)36(32,33)34-20-10-6-17(7-11-20)14-23-24(30)28(25(31)35-23)15-18-4-2-3-5-22(18)26/h2-14H,15H2,1H3,(H,27,29)/b23-14-. The highest BCUT2D eigenvalue weighted by atomic mass is 32.2. The van der Waals surface area contributed by atoms with Gasteiger partial charge in [0, 0.05) is 18.2 Å². The lowest BCUT2D eigenvalue weighted by atomic mass is 10.2. The number of imide groups is 1. The first-order valence-electron chi connectivity index (χ1n) is 10.5. The molecular weight excluding hydrogens is 507 g/mol. The number of thioether (sulfide) groups is 1. The molecule has 1 aliphatic rings. The Labute approximate surface area is 210 Å². The minimum absolute atomic E-state index is 0.0470. The first-order chi connectivity index (χ1) is 17.1. The highest BCUT2D eigenvalue weighted by Gasteiger charge is 2.35. The molecule has 0 spiro atoms. The van der Waals surface area contributed by atoms with Gasteiger partial charge in [0.2, 0.25) is 5.91 Å². The molecule has 184 valence electrons. The summed E-state index contributed by atoms with van der Waals surface area (Å²) < 4.78 is 44.2. The maximum Gasteiger partial charge on any atom is 0.339 e. The fraction of sp³-hybridized carbons (Fsp3) is 0.0800. The number of hydrogen-bond donors (Lipinski definition) is 1. The molecule has 36 heavy (non-hydrogen) atoms. The van der Waals surface area contributed by atoms with Crippen LogP contribution in [0, 0.1) is 5.82 Å². The Hall–Kier alpha value is -3.96. The van der Waals surface area contributed by atoms with Crippen LogP contribution >= 0.6 is 11.8 Å². The predicted octanol–water partition coefficient (Wildman–Crippen LogP) is 4.79. The molecule has 0 radical (unpaired) electrons. The molecule has 0 unspecified atom stereocenters. The van der Waals surface area contributed by atoms with Crippen LogP contribution in [0.2, 0.25) is 0 Å². The number of anilines is 1. The van der Waals surface area contributed by atoms with E-state index in [4.69, 9.17) is 4.18 Å². The van der Waals surface area contributed by atoms with Crippen LogP contribution in [0.25, 0.3) is 6.08 Å². The SMILES string of the molecule is CC(=O)Nc1ccc(S(=O)(=O)Oc2ccc(/C=C3\SC(=O)N(Cc4ccccc4F)C3=O)cc2)cc1. The lowest BCUT2D eigenvalue weighted by Gasteiger charge is -2.12. The lowest BCUT2D eigenvalue weighted by molar-refractivity contribution is -0.123. The van der Waals surface area contributed by atoms with E-state index in [1.165, 1.54) is 79.7 Å². The van der Waals surface area contributed by atoms with Gasteiger partial charge in [-0.05, 0) is 65.9 Å². The molecule has 3 aromatic carbocycles. The van der Waals surface area contributed by atoms with Gasteiger partial charge in [-0.2, -0.15) is 8.42 Å². The molecule has 1 heterocycles. The van der Waals surface area contributed by atoms with Crippen molar-refractivity contribution in [2.24, 2.45) is 0 Å². The molecule has 3 aromatic rings. The highest BCUT2D eigenvalue weighted by molar-refractivity contribution is 8.18. The lowest BCUT2D eigenvalue weighted by Crippen LogP contribution is -2.27. The fourth-order valence-electron chi connectivity index (χ4n) is 3.29. The summed E-state index contributed by atoms with van der Waals surface area (Å²) in [7, 11) is -4.12.